The quantitative estimate of drug-likeness (QED) is 0.711. The number of piperidine rings is 1. The van der Waals surface area contributed by atoms with Crippen LogP contribution in [-0.2, 0) is 4.79 Å². The molecule has 0 saturated carbocycles. The number of hydrogen-bond acceptors (Lipinski definition) is 3. The highest BCUT2D eigenvalue weighted by Gasteiger charge is 2.40. The van der Waals surface area contributed by atoms with Gasteiger partial charge in [-0.3, -0.25) is 4.79 Å². The number of carbonyl (C=O) groups is 2. The van der Waals surface area contributed by atoms with Gasteiger partial charge in [0.2, 0.25) is 5.91 Å². The van der Waals surface area contributed by atoms with Crippen LogP contribution < -0.4 is 4.90 Å². The molecule has 2 heterocycles. The number of hydrogen-bond donors (Lipinski definition) is 1. The molecule has 1 N–H and O–H groups in total. The van der Waals surface area contributed by atoms with E-state index in [1.807, 2.05) is 36.9 Å². The van der Waals surface area contributed by atoms with Crippen LogP contribution in [0.4, 0.5) is 14.9 Å². The predicted molar refractivity (Wildman–Crippen MR) is 127 cm³/mol. The molecule has 2 aromatic carbocycles. The second-order valence-electron chi connectivity index (χ2n) is 8.97. The minimum Gasteiger partial charge on any atom is -0.465 e. The molecule has 0 spiro atoms. The van der Waals surface area contributed by atoms with E-state index >= 15 is 0 Å². The Balaban J connectivity index is 1.52. The first-order valence-corrected chi connectivity index (χ1v) is 11.7. The van der Waals surface area contributed by atoms with Gasteiger partial charge < -0.3 is 19.8 Å². The molecule has 2 aliphatic heterocycles. The van der Waals surface area contributed by atoms with E-state index in [1.165, 1.54) is 17.0 Å². The van der Waals surface area contributed by atoms with Gasteiger partial charge in [0.05, 0.1) is 5.92 Å². The first-order chi connectivity index (χ1) is 15.7. The summed E-state index contributed by atoms with van der Waals surface area (Å²) in [5.74, 6) is -0.966. The van der Waals surface area contributed by atoms with Crippen LogP contribution in [0.3, 0.4) is 0 Å². The lowest BCUT2D eigenvalue weighted by Crippen LogP contribution is -2.54. The van der Waals surface area contributed by atoms with Crippen molar-refractivity contribution >= 4 is 29.3 Å². The molecule has 4 rings (SSSR count). The maximum Gasteiger partial charge on any atom is 0.407 e. The van der Waals surface area contributed by atoms with Crippen LogP contribution in [0.5, 0.6) is 0 Å². The number of carboxylic acid groups (broad SMARTS) is 1. The van der Waals surface area contributed by atoms with Crippen molar-refractivity contribution < 1.29 is 19.1 Å². The Labute approximate surface area is 198 Å². The lowest BCUT2D eigenvalue weighted by atomic mass is 9.78. The third kappa shape index (κ3) is 4.93. The standard InChI is InChI=1S/C25H29ClFN3O3/c1-16-3-4-18(26)14-23(16)28-9-11-29(12-10-28)24(31)22-15-30(25(32)33)8-7-21(22)20-6-5-19(27)13-17(20)2/h3-6,13-14,21-22H,7-12,15H2,1-2H3,(H,32,33)/t21-,22-/m0/s1. The van der Waals surface area contributed by atoms with Crippen molar-refractivity contribution in [1.29, 1.82) is 0 Å². The van der Waals surface area contributed by atoms with Gasteiger partial charge in [0.25, 0.3) is 0 Å². The zero-order chi connectivity index (χ0) is 23.7. The number of likely N-dealkylation sites (tertiary alicyclic amines) is 1. The van der Waals surface area contributed by atoms with Crippen LogP contribution >= 0.6 is 11.6 Å². The van der Waals surface area contributed by atoms with Gasteiger partial charge in [0.1, 0.15) is 5.82 Å². The number of anilines is 1. The lowest BCUT2D eigenvalue weighted by Gasteiger charge is -2.42. The fourth-order valence-electron chi connectivity index (χ4n) is 5.13. The molecule has 2 amide bonds. The van der Waals surface area contributed by atoms with Crippen molar-refractivity contribution in [2.75, 3.05) is 44.2 Å². The van der Waals surface area contributed by atoms with E-state index < -0.39 is 12.0 Å². The van der Waals surface area contributed by atoms with E-state index in [0.29, 0.717) is 44.2 Å². The van der Waals surface area contributed by atoms with Gasteiger partial charge in [-0.1, -0.05) is 23.7 Å². The molecule has 2 fully saturated rings. The normalized spacial score (nSPS) is 21.3. The van der Waals surface area contributed by atoms with Gasteiger partial charge in [-0.15, -0.1) is 0 Å². The summed E-state index contributed by atoms with van der Waals surface area (Å²) in [5, 5.41) is 10.2. The Morgan fingerprint density at radius 2 is 1.70 bits per heavy atom. The Morgan fingerprint density at radius 3 is 2.36 bits per heavy atom. The molecule has 0 aliphatic carbocycles. The maximum absolute atomic E-state index is 13.7. The number of aryl methyl sites for hydroxylation is 2. The average Bonchev–Trinajstić information content (AvgIpc) is 2.80. The summed E-state index contributed by atoms with van der Waals surface area (Å²) < 4.78 is 13.7. The molecular formula is C25H29ClFN3O3. The number of nitrogens with zero attached hydrogens (tertiary/aromatic N) is 3. The molecule has 8 heteroatoms. The van der Waals surface area contributed by atoms with Crippen molar-refractivity contribution in [2.45, 2.75) is 26.2 Å². The third-order valence-electron chi connectivity index (χ3n) is 6.94. The second kappa shape index (κ2) is 9.59. The first-order valence-electron chi connectivity index (χ1n) is 11.3. The molecular weight excluding hydrogens is 445 g/mol. The van der Waals surface area contributed by atoms with Crippen molar-refractivity contribution in [1.82, 2.24) is 9.80 Å². The fraction of sp³-hybridized carbons (Fsp3) is 0.440. The van der Waals surface area contributed by atoms with Crippen LogP contribution in [-0.4, -0.2) is 66.2 Å². The van der Waals surface area contributed by atoms with Crippen LogP contribution in [0, 0.1) is 25.6 Å². The third-order valence-corrected chi connectivity index (χ3v) is 7.17. The zero-order valence-electron chi connectivity index (χ0n) is 18.9. The van der Waals surface area contributed by atoms with E-state index in [1.54, 1.807) is 6.07 Å². The molecule has 0 aromatic heterocycles. The summed E-state index contributed by atoms with van der Waals surface area (Å²) in [6.45, 7) is 6.89. The molecule has 6 nitrogen and oxygen atoms in total. The van der Waals surface area contributed by atoms with Gasteiger partial charge in [-0.05, 0) is 67.1 Å². The van der Waals surface area contributed by atoms with Crippen LogP contribution in [0.1, 0.15) is 29.0 Å². The second-order valence-corrected chi connectivity index (χ2v) is 9.41. The molecule has 2 atom stereocenters. The first kappa shape index (κ1) is 23.4. The largest absolute Gasteiger partial charge is 0.465 e. The molecule has 2 aliphatic rings. The zero-order valence-corrected chi connectivity index (χ0v) is 19.7. The van der Waals surface area contributed by atoms with Crippen molar-refractivity contribution in [2.24, 2.45) is 5.92 Å². The lowest BCUT2D eigenvalue weighted by molar-refractivity contribution is -0.138. The summed E-state index contributed by atoms with van der Waals surface area (Å²) in [6, 6.07) is 10.5. The van der Waals surface area contributed by atoms with Gasteiger partial charge in [0.15, 0.2) is 0 Å². The molecule has 2 saturated heterocycles. The van der Waals surface area contributed by atoms with Crippen LogP contribution in [0.25, 0.3) is 0 Å². The highest BCUT2D eigenvalue weighted by Crippen LogP contribution is 2.36. The summed E-state index contributed by atoms with van der Waals surface area (Å²) in [6.07, 6.45) is -0.472. The van der Waals surface area contributed by atoms with Crippen molar-refractivity contribution in [3.05, 3.63) is 63.9 Å². The van der Waals surface area contributed by atoms with Crippen LogP contribution in [0.15, 0.2) is 36.4 Å². The number of amides is 2. The Bertz CT molecular complexity index is 1060. The Morgan fingerprint density at radius 1 is 0.970 bits per heavy atom. The molecule has 0 unspecified atom stereocenters. The van der Waals surface area contributed by atoms with E-state index in [0.717, 1.165) is 22.4 Å². The minimum absolute atomic E-state index is 0.0304. The van der Waals surface area contributed by atoms with E-state index in [9.17, 15) is 19.1 Å². The van der Waals surface area contributed by atoms with Gasteiger partial charge in [-0.2, -0.15) is 0 Å². The van der Waals surface area contributed by atoms with Crippen molar-refractivity contribution in [3.8, 4) is 0 Å². The smallest absolute Gasteiger partial charge is 0.407 e. The average molecular weight is 474 g/mol. The monoisotopic (exact) mass is 473 g/mol. The van der Waals surface area contributed by atoms with Gasteiger partial charge in [0, 0.05) is 50.0 Å². The summed E-state index contributed by atoms with van der Waals surface area (Å²) in [5.41, 5.74) is 3.93. The Kier molecular flexibility index (Phi) is 6.79. The van der Waals surface area contributed by atoms with E-state index in [4.69, 9.17) is 11.6 Å². The molecule has 33 heavy (non-hydrogen) atoms. The van der Waals surface area contributed by atoms with Gasteiger partial charge >= 0.3 is 6.09 Å². The number of carbonyl (C=O) groups excluding carboxylic acids is 1. The Hall–Kier alpha value is -2.80. The summed E-state index contributed by atoms with van der Waals surface area (Å²) in [4.78, 5) is 30.7. The fourth-order valence-corrected chi connectivity index (χ4v) is 5.30. The number of benzene rings is 2. The molecule has 0 bridgehead atoms. The molecule has 0 radical (unpaired) electrons. The number of rotatable bonds is 3. The highest BCUT2D eigenvalue weighted by molar-refractivity contribution is 6.30. The molecule has 176 valence electrons. The maximum atomic E-state index is 13.7. The van der Waals surface area contributed by atoms with E-state index in [2.05, 4.69) is 4.90 Å². The predicted octanol–water partition coefficient (Wildman–Crippen LogP) is 4.53. The van der Waals surface area contributed by atoms with E-state index in [-0.39, 0.29) is 24.2 Å². The minimum atomic E-state index is -1.01. The highest BCUT2D eigenvalue weighted by atomic mass is 35.5. The summed E-state index contributed by atoms with van der Waals surface area (Å²) >= 11 is 6.19. The number of halogens is 2. The topological polar surface area (TPSA) is 64.1 Å². The van der Waals surface area contributed by atoms with Crippen molar-refractivity contribution in [3.63, 3.8) is 0 Å². The number of piperazine rings is 1. The van der Waals surface area contributed by atoms with Gasteiger partial charge in [-0.25, -0.2) is 9.18 Å². The summed E-state index contributed by atoms with van der Waals surface area (Å²) in [7, 11) is 0. The SMILES string of the molecule is Cc1cc(F)ccc1[C@@H]1CCN(C(=O)O)C[C@@H]1C(=O)N1CCN(c2cc(Cl)ccc2C)CC1. The van der Waals surface area contributed by atoms with Crippen LogP contribution in [0.2, 0.25) is 5.02 Å². The molecule has 2 aromatic rings.